The Bertz CT molecular complexity index is 476. The molecule has 0 aliphatic rings. The molecule has 0 bridgehead atoms. The van der Waals surface area contributed by atoms with Gasteiger partial charge in [-0.2, -0.15) is 0 Å². The van der Waals surface area contributed by atoms with Crippen LogP contribution in [-0.4, -0.2) is 11.1 Å². The van der Waals surface area contributed by atoms with Crippen LogP contribution in [0.2, 0.25) is 0 Å². The Morgan fingerprint density at radius 1 is 1.33 bits per heavy atom. The summed E-state index contributed by atoms with van der Waals surface area (Å²) in [4.78, 5) is 10.8. The Labute approximate surface area is 109 Å². The molecule has 0 radical (unpaired) electrons. The van der Waals surface area contributed by atoms with Crippen LogP contribution >= 0.6 is 0 Å². The topological polar surface area (TPSA) is 37.3 Å². The van der Waals surface area contributed by atoms with E-state index in [4.69, 9.17) is 5.11 Å². The number of benzene rings is 1. The van der Waals surface area contributed by atoms with Crippen LogP contribution in [0.3, 0.4) is 0 Å². The maximum atomic E-state index is 10.8. The Kier molecular flexibility index (Phi) is 4.33. The zero-order valence-electron chi connectivity index (χ0n) is 11.9. The van der Waals surface area contributed by atoms with Crippen molar-refractivity contribution in [3.05, 3.63) is 41.0 Å². The van der Waals surface area contributed by atoms with Crippen LogP contribution in [0.25, 0.3) is 5.57 Å². The average molecular weight is 246 g/mol. The second-order valence-electron chi connectivity index (χ2n) is 5.64. The molecule has 0 aliphatic carbocycles. The third-order valence-corrected chi connectivity index (χ3v) is 3.12. The second-order valence-corrected chi connectivity index (χ2v) is 5.64. The van der Waals surface area contributed by atoms with Gasteiger partial charge in [0.2, 0.25) is 0 Å². The van der Waals surface area contributed by atoms with Gasteiger partial charge in [0.1, 0.15) is 0 Å². The normalized spacial score (nSPS) is 12.6. The highest BCUT2D eigenvalue weighted by Crippen LogP contribution is 2.28. The SMILES string of the molecule is CCc1ccc(C(C)(C)C)cc1/C(C)=C/C(=O)O. The van der Waals surface area contributed by atoms with Crippen LogP contribution in [-0.2, 0) is 16.6 Å². The minimum absolute atomic E-state index is 0.0739. The van der Waals surface area contributed by atoms with Crippen molar-refractivity contribution in [2.75, 3.05) is 0 Å². The van der Waals surface area contributed by atoms with E-state index in [1.54, 1.807) is 0 Å². The fourth-order valence-corrected chi connectivity index (χ4v) is 1.98. The van der Waals surface area contributed by atoms with Crippen molar-refractivity contribution in [1.82, 2.24) is 0 Å². The summed E-state index contributed by atoms with van der Waals surface area (Å²) in [5.74, 6) is -0.893. The van der Waals surface area contributed by atoms with Crippen molar-refractivity contribution >= 4 is 11.5 Å². The lowest BCUT2D eigenvalue weighted by Gasteiger charge is -2.21. The Morgan fingerprint density at radius 2 is 1.94 bits per heavy atom. The molecule has 1 N–H and O–H groups in total. The van der Waals surface area contributed by atoms with E-state index in [0.29, 0.717) is 0 Å². The number of allylic oxidation sites excluding steroid dienone is 1. The summed E-state index contributed by atoms with van der Waals surface area (Å²) in [6.07, 6.45) is 2.19. The molecule has 0 unspecified atom stereocenters. The lowest BCUT2D eigenvalue weighted by atomic mass is 9.84. The molecule has 0 spiro atoms. The maximum Gasteiger partial charge on any atom is 0.328 e. The van der Waals surface area contributed by atoms with E-state index < -0.39 is 5.97 Å². The molecule has 98 valence electrons. The van der Waals surface area contributed by atoms with Crippen molar-refractivity contribution in [3.63, 3.8) is 0 Å². The molecule has 0 saturated carbocycles. The fourth-order valence-electron chi connectivity index (χ4n) is 1.98. The molecule has 1 rings (SSSR count). The van der Waals surface area contributed by atoms with Crippen molar-refractivity contribution < 1.29 is 9.90 Å². The lowest BCUT2D eigenvalue weighted by molar-refractivity contribution is -0.131. The third kappa shape index (κ3) is 3.46. The summed E-state index contributed by atoms with van der Waals surface area (Å²) in [7, 11) is 0. The average Bonchev–Trinajstić information content (AvgIpc) is 2.26. The molecular weight excluding hydrogens is 224 g/mol. The van der Waals surface area contributed by atoms with E-state index in [-0.39, 0.29) is 5.41 Å². The molecule has 0 aliphatic heterocycles. The third-order valence-electron chi connectivity index (χ3n) is 3.12. The number of carboxylic acid groups (broad SMARTS) is 1. The predicted octanol–water partition coefficient (Wildman–Crippen LogP) is 4.03. The zero-order valence-corrected chi connectivity index (χ0v) is 11.9. The number of aryl methyl sites for hydroxylation is 1. The largest absolute Gasteiger partial charge is 0.478 e. The van der Waals surface area contributed by atoms with Gasteiger partial charge in [-0.25, -0.2) is 4.79 Å². The number of aliphatic carboxylic acids is 1. The minimum atomic E-state index is -0.893. The second kappa shape index (κ2) is 5.38. The van der Waals surface area contributed by atoms with Gasteiger partial charge in [0.25, 0.3) is 0 Å². The van der Waals surface area contributed by atoms with E-state index in [2.05, 4.69) is 45.9 Å². The van der Waals surface area contributed by atoms with Crippen molar-refractivity contribution in [3.8, 4) is 0 Å². The molecule has 2 heteroatoms. The highest BCUT2D eigenvalue weighted by atomic mass is 16.4. The Hall–Kier alpha value is -1.57. The molecule has 0 saturated heterocycles. The molecular formula is C16H22O2. The number of hydrogen-bond acceptors (Lipinski definition) is 1. The molecule has 0 fully saturated rings. The molecule has 0 atom stereocenters. The Balaban J connectivity index is 3.35. The van der Waals surface area contributed by atoms with Gasteiger partial charge in [0.15, 0.2) is 0 Å². The van der Waals surface area contributed by atoms with Gasteiger partial charge < -0.3 is 5.11 Å². The summed E-state index contributed by atoms with van der Waals surface area (Å²) < 4.78 is 0. The monoisotopic (exact) mass is 246 g/mol. The highest BCUT2D eigenvalue weighted by molar-refractivity contribution is 5.90. The minimum Gasteiger partial charge on any atom is -0.478 e. The number of hydrogen-bond donors (Lipinski definition) is 1. The first kappa shape index (κ1) is 14.5. The van der Waals surface area contributed by atoms with Crippen LogP contribution < -0.4 is 0 Å². The molecule has 0 heterocycles. The van der Waals surface area contributed by atoms with Crippen molar-refractivity contribution in [1.29, 1.82) is 0 Å². The molecule has 1 aromatic carbocycles. The number of carboxylic acids is 1. The van der Waals surface area contributed by atoms with Crippen LogP contribution in [0, 0.1) is 0 Å². The first-order valence-electron chi connectivity index (χ1n) is 6.30. The molecule has 1 aromatic rings. The first-order chi connectivity index (χ1) is 8.25. The van der Waals surface area contributed by atoms with Crippen LogP contribution in [0.1, 0.15) is 51.3 Å². The summed E-state index contributed by atoms with van der Waals surface area (Å²) in [5, 5.41) is 8.86. The maximum absolute atomic E-state index is 10.8. The predicted molar refractivity (Wildman–Crippen MR) is 75.8 cm³/mol. The Morgan fingerprint density at radius 3 is 2.39 bits per heavy atom. The summed E-state index contributed by atoms with van der Waals surface area (Å²) >= 11 is 0. The number of carbonyl (C=O) groups is 1. The van der Waals surface area contributed by atoms with Gasteiger partial charge in [-0.1, -0.05) is 45.9 Å². The van der Waals surface area contributed by atoms with Gasteiger partial charge in [0.05, 0.1) is 0 Å². The quantitative estimate of drug-likeness (QED) is 0.817. The zero-order chi connectivity index (χ0) is 13.9. The van der Waals surface area contributed by atoms with Crippen molar-refractivity contribution in [2.24, 2.45) is 0 Å². The fraction of sp³-hybridized carbons (Fsp3) is 0.438. The van der Waals surface area contributed by atoms with Crippen LogP contribution in [0.4, 0.5) is 0 Å². The van der Waals surface area contributed by atoms with E-state index >= 15 is 0 Å². The summed E-state index contributed by atoms with van der Waals surface area (Å²) in [6.45, 7) is 10.4. The molecule has 2 nitrogen and oxygen atoms in total. The van der Waals surface area contributed by atoms with E-state index in [9.17, 15) is 4.79 Å². The van der Waals surface area contributed by atoms with E-state index in [1.807, 2.05) is 6.92 Å². The van der Waals surface area contributed by atoms with Gasteiger partial charge in [-0.15, -0.1) is 0 Å². The van der Waals surface area contributed by atoms with Crippen LogP contribution in [0.15, 0.2) is 24.3 Å². The molecule has 0 aromatic heterocycles. The van der Waals surface area contributed by atoms with Gasteiger partial charge in [-0.3, -0.25) is 0 Å². The number of rotatable bonds is 3. The van der Waals surface area contributed by atoms with E-state index in [1.165, 1.54) is 17.2 Å². The standard InChI is InChI=1S/C16H22O2/c1-6-12-7-8-13(16(3,4)5)10-14(12)11(2)9-15(17)18/h7-10H,6H2,1-5H3,(H,17,18)/b11-9+. The highest BCUT2D eigenvalue weighted by Gasteiger charge is 2.15. The van der Waals surface area contributed by atoms with Gasteiger partial charge >= 0.3 is 5.97 Å². The van der Waals surface area contributed by atoms with Gasteiger partial charge in [-0.05, 0) is 41.0 Å². The smallest absolute Gasteiger partial charge is 0.328 e. The van der Waals surface area contributed by atoms with Crippen molar-refractivity contribution in [2.45, 2.75) is 46.5 Å². The first-order valence-corrected chi connectivity index (χ1v) is 6.30. The molecule has 0 amide bonds. The summed E-state index contributed by atoms with van der Waals surface area (Å²) in [5.41, 5.74) is 4.36. The lowest BCUT2D eigenvalue weighted by Crippen LogP contribution is -2.12. The summed E-state index contributed by atoms with van der Waals surface area (Å²) in [6, 6.07) is 6.36. The van der Waals surface area contributed by atoms with Crippen LogP contribution in [0.5, 0.6) is 0 Å². The van der Waals surface area contributed by atoms with Gasteiger partial charge in [0, 0.05) is 6.08 Å². The van der Waals surface area contributed by atoms with E-state index in [0.717, 1.165) is 17.6 Å². The molecule has 18 heavy (non-hydrogen) atoms.